The fraction of sp³-hybridized carbons (Fsp3) is 0.407. The van der Waals surface area contributed by atoms with Crippen LogP contribution >= 0.6 is 11.5 Å². The summed E-state index contributed by atoms with van der Waals surface area (Å²) in [6.45, 7) is 6.17. The molecule has 0 radical (unpaired) electrons. The van der Waals surface area contributed by atoms with Gasteiger partial charge in [0, 0.05) is 50.7 Å². The van der Waals surface area contributed by atoms with Crippen molar-refractivity contribution < 1.29 is 4.79 Å². The Hall–Kier alpha value is -2.70. The fourth-order valence-electron chi connectivity index (χ4n) is 5.22. The summed E-state index contributed by atoms with van der Waals surface area (Å²) in [6, 6.07) is 18.5. The summed E-state index contributed by atoms with van der Waals surface area (Å²) in [5, 5.41) is 4.43. The number of rotatable bonds is 7. The molecule has 2 fully saturated rings. The molecule has 1 aliphatic heterocycles. The van der Waals surface area contributed by atoms with Gasteiger partial charge in [0.25, 0.3) is 0 Å². The monoisotopic (exact) mass is 460 g/mol. The zero-order valence-corrected chi connectivity index (χ0v) is 19.8. The van der Waals surface area contributed by atoms with E-state index in [9.17, 15) is 4.79 Å². The maximum atomic E-state index is 12.3. The molecule has 1 aliphatic carbocycles. The van der Waals surface area contributed by atoms with Crippen molar-refractivity contribution in [1.29, 1.82) is 0 Å². The molecule has 0 spiro atoms. The minimum atomic E-state index is 0.00797. The standard InChI is InChI=1S/C27H32N4OS/c32-26(14-13-21-7-2-1-3-8-21)28-19-22-9-6-10-23(22)20-30-15-17-31(18-16-30)27-24-11-4-5-12-25(24)33-29-27/h1-5,7-8,11-14,22-23H,6,9-10,15-20H2,(H,28,32)/b14-13+/t22-,23-/m1/s1. The van der Waals surface area contributed by atoms with E-state index >= 15 is 0 Å². The predicted octanol–water partition coefficient (Wildman–Crippen LogP) is 4.66. The van der Waals surface area contributed by atoms with E-state index in [1.807, 2.05) is 36.4 Å². The first-order valence-corrected chi connectivity index (χ1v) is 12.9. The first kappa shape index (κ1) is 22.1. The van der Waals surface area contributed by atoms with Gasteiger partial charge in [0.05, 0.1) is 4.70 Å². The van der Waals surface area contributed by atoms with Crippen LogP contribution in [0, 0.1) is 11.8 Å². The van der Waals surface area contributed by atoms with Gasteiger partial charge < -0.3 is 10.2 Å². The molecule has 1 N–H and O–H groups in total. The van der Waals surface area contributed by atoms with E-state index in [2.05, 4.69) is 39.4 Å². The molecule has 2 atom stereocenters. The number of benzene rings is 2. The van der Waals surface area contributed by atoms with Crippen molar-refractivity contribution in [1.82, 2.24) is 14.6 Å². The molecular formula is C27H32N4OS. The van der Waals surface area contributed by atoms with Crippen LogP contribution in [-0.4, -0.2) is 54.4 Å². The van der Waals surface area contributed by atoms with Crippen molar-refractivity contribution in [2.24, 2.45) is 11.8 Å². The molecule has 1 saturated heterocycles. The van der Waals surface area contributed by atoms with Crippen LogP contribution in [0.2, 0.25) is 0 Å². The summed E-state index contributed by atoms with van der Waals surface area (Å²) in [6.07, 6.45) is 7.30. The maximum absolute atomic E-state index is 12.3. The van der Waals surface area contributed by atoms with Gasteiger partial charge in [-0.3, -0.25) is 9.69 Å². The molecule has 33 heavy (non-hydrogen) atoms. The maximum Gasteiger partial charge on any atom is 0.244 e. The van der Waals surface area contributed by atoms with Crippen molar-refractivity contribution >= 4 is 39.4 Å². The number of hydrogen-bond donors (Lipinski definition) is 1. The minimum absolute atomic E-state index is 0.00797. The lowest BCUT2D eigenvalue weighted by molar-refractivity contribution is -0.116. The third-order valence-electron chi connectivity index (χ3n) is 7.10. The number of aromatic nitrogens is 1. The Morgan fingerprint density at radius 3 is 2.61 bits per heavy atom. The van der Waals surface area contributed by atoms with Crippen LogP contribution in [0.1, 0.15) is 24.8 Å². The van der Waals surface area contributed by atoms with Crippen LogP contribution in [0.15, 0.2) is 60.7 Å². The van der Waals surface area contributed by atoms with E-state index in [4.69, 9.17) is 4.37 Å². The van der Waals surface area contributed by atoms with Gasteiger partial charge in [-0.25, -0.2) is 0 Å². The van der Waals surface area contributed by atoms with Crippen molar-refractivity contribution in [3.63, 3.8) is 0 Å². The normalized spacial score (nSPS) is 21.8. The molecule has 1 aromatic heterocycles. The molecule has 5 nitrogen and oxygen atoms in total. The molecule has 1 amide bonds. The van der Waals surface area contributed by atoms with Crippen molar-refractivity contribution in [3.8, 4) is 0 Å². The van der Waals surface area contributed by atoms with Gasteiger partial charge in [-0.15, -0.1) is 0 Å². The highest BCUT2D eigenvalue weighted by Crippen LogP contribution is 2.33. The first-order valence-electron chi connectivity index (χ1n) is 12.1. The van der Waals surface area contributed by atoms with Gasteiger partial charge in [-0.1, -0.05) is 48.9 Å². The highest BCUT2D eigenvalue weighted by Gasteiger charge is 2.30. The number of fused-ring (bicyclic) bond motifs is 1. The molecule has 3 aromatic rings. The lowest BCUT2D eigenvalue weighted by Crippen LogP contribution is -2.48. The second kappa shape index (κ2) is 10.5. The number of nitrogens with zero attached hydrogens (tertiary/aromatic N) is 3. The van der Waals surface area contributed by atoms with Crippen molar-refractivity contribution in [2.75, 3.05) is 44.2 Å². The number of amides is 1. The quantitative estimate of drug-likeness (QED) is 0.521. The molecule has 6 heteroatoms. The Morgan fingerprint density at radius 1 is 1.00 bits per heavy atom. The predicted molar refractivity (Wildman–Crippen MR) is 138 cm³/mol. The summed E-state index contributed by atoms with van der Waals surface area (Å²) >= 11 is 1.60. The summed E-state index contributed by atoms with van der Waals surface area (Å²) < 4.78 is 6.01. The van der Waals surface area contributed by atoms with E-state index in [0.29, 0.717) is 11.8 Å². The number of carbonyl (C=O) groups is 1. The van der Waals surface area contributed by atoms with Crippen LogP contribution in [0.3, 0.4) is 0 Å². The van der Waals surface area contributed by atoms with Gasteiger partial charge in [-0.2, -0.15) is 4.37 Å². The Morgan fingerprint density at radius 2 is 1.76 bits per heavy atom. The smallest absolute Gasteiger partial charge is 0.244 e. The van der Waals surface area contributed by atoms with E-state index in [-0.39, 0.29) is 5.91 Å². The summed E-state index contributed by atoms with van der Waals surface area (Å²) in [4.78, 5) is 17.4. The second-order valence-corrected chi connectivity index (χ2v) is 10.0. The third kappa shape index (κ3) is 5.45. The van der Waals surface area contributed by atoms with Gasteiger partial charge in [0.1, 0.15) is 5.82 Å². The number of carbonyl (C=O) groups excluding carboxylic acids is 1. The molecular weight excluding hydrogens is 428 g/mol. The Bertz CT molecular complexity index is 1090. The summed E-state index contributed by atoms with van der Waals surface area (Å²) in [5.74, 6) is 2.42. The van der Waals surface area contributed by atoms with E-state index in [1.165, 1.54) is 29.3 Å². The van der Waals surface area contributed by atoms with Crippen LogP contribution < -0.4 is 10.2 Å². The molecule has 2 heterocycles. The van der Waals surface area contributed by atoms with Crippen LogP contribution in [0.25, 0.3) is 16.2 Å². The minimum Gasteiger partial charge on any atom is -0.353 e. The third-order valence-corrected chi connectivity index (χ3v) is 7.92. The molecule has 0 unspecified atom stereocenters. The summed E-state index contributed by atoms with van der Waals surface area (Å²) in [5.41, 5.74) is 1.05. The Kier molecular flexibility index (Phi) is 7.03. The van der Waals surface area contributed by atoms with Crippen molar-refractivity contribution in [3.05, 3.63) is 66.2 Å². The van der Waals surface area contributed by atoms with Gasteiger partial charge >= 0.3 is 0 Å². The Labute approximate surface area is 200 Å². The molecule has 2 aliphatic rings. The number of nitrogens with one attached hydrogen (secondary N) is 1. The van der Waals surface area contributed by atoms with Gasteiger partial charge in [-0.05, 0) is 60.0 Å². The van der Waals surface area contributed by atoms with Crippen LogP contribution in [-0.2, 0) is 4.79 Å². The largest absolute Gasteiger partial charge is 0.353 e. The van der Waals surface area contributed by atoms with E-state index in [0.717, 1.165) is 50.6 Å². The number of anilines is 1. The summed E-state index contributed by atoms with van der Waals surface area (Å²) in [7, 11) is 0. The van der Waals surface area contributed by atoms with Crippen LogP contribution in [0.5, 0.6) is 0 Å². The first-order chi connectivity index (χ1) is 16.3. The zero-order valence-electron chi connectivity index (χ0n) is 19.0. The van der Waals surface area contributed by atoms with E-state index in [1.54, 1.807) is 17.6 Å². The molecule has 2 aromatic carbocycles. The van der Waals surface area contributed by atoms with Crippen molar-refractivity contribution in [2.45, 2.75) is 19.3 Å². The lowest BCUT2D eigenvalue weighted by Gasteiger charge is -2.37. The molecule has 1 saturated carbocycles. The SMILES string of the molecule is O=C(/C=C/c1ccccc1)NC[C@H]1CCC[C@@H]1CN1CCN(c2nsc3ccccc23)CC1. The average Bonchev–Trinajstić information content (AvgIpc) is 3.49. The molecule has 5 rings (SSSR count). The van der Waals surface area contributed by atoms with E-state index < -0.39 is 0 Å². The molecule has 0 bridgehead atoms. The topological polar surface area (TPSA) is 48.5 Å². The fourth-order valence-corrected chi connectivity index (χ4v) is 6.02. The average molecular weight is 461 g/mol. The number of piperazine rings is 1. The zero-order chi connectivity index (χ0) is 22.5. The van der Waals surface area contributed by atoms with Gasteiger partial charge in [0.2, 0.25) is 5.91 Å². The highest BCUT2D eigenvalue weighted by molar-refractivity contribution is 7.13. The number of hydrogen-bond acceptors (Lipinski definition) is 5. The lowest BCUT2D eigenvalue weighted by atomic mass is 9.95. The Balaban J connectivity index is 1.09. The van der Waals surface area contributed by atoms with Crippen LogP contribution in [0.4, 0.5) is 5.82 Å². The highest BCUT2D eigenvalue weighted by atomic mass is 32.1. The van der Waals surface area contributed by atoms with Gasteiger partial charge in [0.15, 0.2) is 0 Å². The molecule has 172 valence electrons. The second-order valence-electron chi connectivity index (χ2n) is 9.23.